The average Bonchev–Trinajstić information content (AvgIpc) is 2.23. The van der Waals surface area contributed by atoms with E-state index in [9.17, 15) is 0 Å². The molecule has 0 amide bonds. The summed E-state index contributed by atoms with van der Waals surface area (Å²) in [6, 6.07) is 0. The van der Waals surface area contributed by atoms with E-state index in [-0.39, 0.29) is 24.0 Å². The van der Waals surface area contributed by atoms with Crippen LogP contribution in [-0.2, 0) is 0 Å². The first-order valence-corrected chi connectivity index (χ1v) is 5.31. The van der Waals surface area contributed by atoms with Crippen molar-refractivity contribution in [3.8, 4) is 0 Å². The zero-order chi connectivity index (χ0) is 12.7. The molecule has 96 valence electrons. The van der Waals surface area contributed by atoms with E-state index in [4.69, 9.17) is 22.9 Å². The quantitative estimate of drug-likeness (QED) is 0.226. The second-order valence-electron chi connectivity index (χ2n) is 3.45. The van der Waals surface area contributed by atoms with Crippen molar-refractivity contribution >= 4 is 17.8 Å². The highest BCUT2D eigenvalue weighted by Gasteiger charge is 2.06. The summed E-state index contributed by atoms with van der Waals surface area (Å²) in [5.41, 5.74) is 22.0. The van der Waals surface area contributed by atoms with Gasteiger partial charge in [-0.05, 0) is 13.0 Å². The normalized spacial score (nSPS) is 12.4. The third-order valence-corrected chi connectivity index (χ3v) is 1.94. The first-order chi connectivity index (χ1) is 8.11. The minimum Gasteiger partial charge on any atom is -0.368 e. The molecule has 0 aliphatic heterocycles. The average molecular weight is 241 g/mol. The van der Waals surface area contributed by atoms with E-state index in [0.29, 0.717) is 13.0 Å². The topological polar surface area (TPSA) is 167 Å². The molecule has 0 radical (unpaired) electrons. The molecule has 0 bridgehead atoms. The molecule has 0 fully saturated rings. The summed E-state index contributed by atoms with van der Waals surface area (Å²) < 4.78 is 0. The number of nitrogens with two attached hydrogens (primary N) is 4. The van der Waals surface area contributed by atoms with Crippen LogP contribution in [0.2, 0.25) is 0 Å². The van der Waals surface area contributed by atoms with E-state index >= 15 is 0 Å². The van der Waals surface area contributed by atoms with E-state index in [1.807, 2.05) is 0 Å². The molecular weight excluding hydrogens is 222 g/mol. The van der Waals surface area contributed by atoms with Crippen LogP contribution in [0.4, 0.5) is 17.8 Å². The Labute approximate surface area is 99.4 Å². The molecule has 10 N–H and O–H groups in total. The van der Waals surface area contributed by atoms with E-state index in [2.05, 4.69) is 25.6 Å². The first-order valence-electron chi connectivity index (χ1n) is 5.31. The zero-order valence-electron chi connectivity index (χ0n) is 9.56. The van der Waals surface area contributed by atoms with Gasteiger partial charge in [-0.25, -0.2) is 0 Å². The fraction of sp³-hybridized carbons (Fsp3) is 0.625. The van der Waals surface area contributed by atoms with Gasteiger partial charge in [0.2, 0.25) is 17.8 Å². The number of nitrogen functional groups attached to an aromatic ring is 2. The van der Waals surface area contributed by atoms with Gasteiger partial charge < -0.3 is 33.6 Å². The number of aromatic nitrogens is 3. The number of nitrogens with one attached hydrogen (secondary N) is 2. The molecule has 0 saturated carbocycles. The highest BCUT2D eigenvalue weighted by molar-refractivity contribution is 5.37. The fourth-order valence-corrected chi connectivity index (χ4v) is 1.20. The lowest BCUT2D eigenvalue weighted by Crippen LogP contribution is -2.35. The van der Waals surface area contributed by atoms with Crippen LogP contribution in [0.15, 0.2) is 0 Å². The van der Waals surface area contributed by atoms with Gasteiger partial charge >= 0.3 is 0 Å². The predicted molar refractivity (Wildman–Crippen MR) is 66.8 cm³/mol. The number of rotatable bonds is 7. The van der Waals surface area contributed by atoms with Crippen molar-refractivity contribution in [3.63, 3.8) is 0 Å². The minimum atomic E-state index is -0.290. The summed E-state index contributed by atoms with van der Waals surface area (Å²) in [7, 11) is 0. The standard InChI is InChI=1S/C8H19N9/c9-2-4-13-3-1-5(10)14-8-16-6(11)15-7(12)17-8/h5,13H,1-4,9-10H2,(H5,11,12,14,15,16,17). The van der Waals surface area contributed by atoms with Crippen molar-refractivity contribution in [2.24, 2.45) is 11.5 Å². The second kappa shape index (κ2) is 6.78. The molecule has 0 aromatic carbocycles. The molecule has 1 rings (SSSR count). The van der Waals surface area contributed by atoms with E-state index in [1.54, 1.807) is 0 Å². The molecule has 1 atom stereocenters. The first kappa shape index (κ1) is 13.4. The van der Waals surface area contributed by atoms with Gasteiger partial charge in [0.05, 0.1) is 6.17 Å². The van der Waals surface area contributed by atoms with Gasteiger partial charge in [-0.2, -0.15) is 15.0 Å². The monoisotopic (exact) mass is 241 g/mol. The highest BCUT2D eigenvalue weighted by atomic mass is 15.2. The van der Waals surface area contributed by atoms with Crippen molar-refractivity contribution in [2.45, 2.75) is 12.6 Å². The zero-order valence-corrected chi connectivity index (χ0v) is 9.56. The maximum absolute atomic E-state index is 5.82. The largest absolute Gasteiger partial charge is 0.368 e. The minimum absolute atomic E-state index is 0.0634. The Bertz CT molecular complexity index is 322. The van der Waals surface area contributed by atoms with Crippen molar-refractivity contribution in [2.75, 3.05) is 36.4 Å². The number of hydrogen-bond acceptors (Lipinski definition) is 9. The SMILES string of the molecule is NCCNCCC(N)Nc1nc(N)nc(N)n1. The predicted octanol–water partition coefficient (Wildman–Crippen LogP) is -2.33. The molecule has 1 aromatic rings. The summed E-state index contributed by atoms with van der Waals surface area (Å²) in [6.45, 7) is 2.11. The Hall–Kier alpha value is -1.71. The summed E-state index contributed by atoms with van der Waals surface area (Å²) in [5.74, 6) is 0.406. The van der Waals surface area contributed by atoms with Crippen LogP contribution in [0.3, 0.4) is 0 Å². The summed E-state index contributed by atoms with van der Waals surface area (Å²) in [6.07, 6.45) is 0.410. The Morgan fingerprint density at radius 1 is 1.06 bits per heavy atom. The lowest BCUT2D eigenvalue weighted by molar-refractivity contribution is 0.597. The van der Waals surface area contributed by atoms with Crippen LogP contribution < -0.4 is 33.6 Å². The van der Waals surface area contributed by atoms with Gasteiger partial charge in [0, 0.05) is 13.1 Å². The smallest absolute Gasteiger partial charge is 0.230 e. The Morgan fingerprint density at radius 3 is 2.29 bits per heavy atom. The molecule has 1 aromatic heterocycles. The summed E-state index contributed by atoms with van der Waals surface area (Å²) >= 11 is 0. The van der Waals surface area contributed by atoms with E-state index in [0.717, 1.165) is 13.1 Å². The van der Waals surface area contributed by atoms with Crippen LogP contribution in [0.25, 0.3) is 0 Å². The lowest BCUT2D eigenvalue weighted by Gasteiger charge is -2.14. The number of nitrogens with zero attached hydrogens (tertiary/aromatic N) is 3. The van der Waals surface area contributed by atoms with Crippen molar-refractivity contribution in [3.05, 3.63) is 0 Å². The number of anilines is 3. The summed E-state index contributed by atoms with van der Waals surface area (Å²) in [5, 5.41) is 6.01. The van der Waals surface area contributed by atoms with Crippen LogP contribution >= 0.6 is 0 Å². The highest BCUT2D eigenvalue weighted by Crippen LogP contribution is 2.04. The van der Waals surface area contributed by atoms with E-state index < -0.39 is 0 Å². The molecule has 1 heterocycles. The summed E-state index contributed by atoms with van der Waals surface area (Å²) in [4.78, 5) is 11.4. The maximum atomic E-state index is 5.82. The molecule has 9 nitrogen and oxygen atoms in total. The van der Waals surface area contributed by atoms with Crippen molar-refractivity contribution in [1.82, 2.24) is 20.3 Å². The van der Waals surface area contributed by atoms with Crippen LogP contribution in [0.1, 0.15) is 6.42 Å². The van der Waals surface area contributed by atoms with Gasteiger partial charge in [0.15, 0.2) is 0 Å². The van der Waals surface area contributed by atoms with Gasteiger partial charge in [-0.1, -0.05) is 0 Å². The molecule has 17 heavy (non-hydrogen) atoms. The molecule has 0 spiro atoms. The van der Waals surface area contributed by atoms with Crippen LogP contribution in [0, 0.1) is 0 Å². The molecule has 0 saturated heterocycles. The molecule has 1 unspecified atom stereocenters. The van der Waals surface area contributed by atoms with Crippen LogP contribution in [0.5, 0.6) is 0 Å². The Morgan fingerprint density at radius 2 is 1.71 bits per heavy atom. The molecule has 0 aliphatic rings. The van der Waals surface area contributed by atoms with Crippen molar-refractivity contribution < 1.29 is 0 Å². The van der Waals surface area contributed by atoms with Gasteiger partial charge in [-0.15, -0.1) is 0 Å². The molecular formula is C8H19N9. The fourth-order valence-electron chi connectivity index (χ4n) is 1.20. The molecule has 0 aliphatic carbocycles. The third-order valence-electron chi connectivity index (χ3n) is 1.94. The van der Waals surface area contributed by atoms with Gasteiger partial charge in [0.1, 0.15) is 0 Å². The Balaban J connectivity index is 2.36. The maximum Gasteiger partial charge on any atom is 0.230 e. The lowest BCUT2D eigenvalue weighted by atomic mass is 10.3. The second-order valence-corrected chi connectivity index (χ2v) is 3.45. The van der Waals surface area contributed by atoms with E-state index in [1.165, 1.54) is 0 Å². The molecule has 9 heteroatoms. The number of hydrogen-bond donors (Lipinski definition) is 6. The van der Waals surface area contributed by atoms with Gasteiger partial charge in [-0.3, -0.25) is 0 Å². The Kier molecular flexibility index (Phi) is 5.33. The van der Waals surface area contributed by atoms with Gasteiger partial charge in [0.25, 0.3) is 0 Å². The van der Waals surface area contributed by atoms with Crippen LogP contribution in [-0.4, -0.2) is 40.8 Å². The third kappa shape index (κ3) is 5.24. The van der Waals surface area contributed by atoms with Crippen molar-refractivity contribution in [1.29, 1.82) is 0 Å².